The lowest BCUT2D eigenvalue weighted by molar-refractivity contribution is -0.151. The fraction of sp³-hybridized carbons (Fsp3) is 0.455. The van der Waals surface area contributed by atoms with E-state index in [1.165, 1.54) is 19.2 Å². The number of anilines is 2. The maximum absolute atomic E-state index is 12.9. The van der Waals surface area contributed by atoms with Crippen molar-refractivity contribution in [3.8, 4) is 0 Å². The summed E-state index contributed by atoms with van der Waals surface area (Å²) in [4.78, 5) is -0.296. The van der Waals surface area contributed by atoms with Crippen LogP contribution in [0, 0.1) is 0 Å². The minimum absolute atomic E-state index is 0.0834. The number of nitrogens with two attached hydrogens (primary N) is 1. The number of hydrogen-bond donors (Lipinski definition) is 3. The Morgan fingerprint density at radius 2 is 1.90 bits per heavy atom. The summed E-state index contributed by atoms with van der Waals surface area (Å²) in [5, 5.41) is 2.31. The fourth-order valence-electron chi connectivity index (χ4n) is 1.84. The second-order valence-electron chi connectivity index (χ2n) is 4.67. The Labute approximate surface area is 114 Å². The molecule has 0 radical (unpaired) electrons. The van der Waals surface area contributed by atoms with Crippen molar-refractivity contribution in [2.75, 3.05) is 18.1 Å². The Bertz CT molecular complexity index is 624. The summed E-state index contributed by atoms with van der Waals surface area (Å²) in [6, 6.07) is 3.72. The van der Waals surface area contributed by atoms with Crippen LogP contribution in [0.3, 0.4) is 0 Å². The first kappa shape index (κ1) is 14.9. The van der Waals surface area contributed by atoms with Crippen LogP contribution in [0.4, 0.5) is 24.5 Å². The SMILES string of the molecule is CNS(=O)(=O)c1cc(N)ccc1NC1(C(F)(F)F)CC1. The Morgan fingerprint density at radius 3 is 2.35 bits per heavy atom. The molecule has 5 nitrogen and oxygen atoms in total. The van der Waals surface area contributed by atoms with Gasteiger partial charge in [0.05, 0.1) is 5.69 Å². The van der Waals surface area contributed by atoms with E-state index in [4.69, 9.17) is 5.73 Å². The number of nitrogen functional groups attached to an aromatic ring is 1. The monoisotopic (exact) mass is 309 g/mol. The lowest BCUT2D eigenvalue weighted by Gasteiger charge is -2.23. The lowest BCUT2D eigenvalue weighted by Crippen LogP contribution is -2.39. The van der Waals surface area contributed by atoms with Gasteiger partial charge in [0.2, 0.25) is 10.0 Å². The molecule has 0 bridgehead atoms. The van der Waals surface area contributed by atoms with Gasteiger partial charge in [-0.1, -0.05) is 0 Å². The summed E-state index contributed by atoms with van der Waals surface area (Å²) in [6.45, 7) is 0. The Hall–Kier alpha value is -1.48. The van der Waals surface area contributed by atoms with Crippen LogP contribution in [0.2, 0.25) is 0 Å². The van der Waals surface area contributed by atoms with Crippen molar-refractivity contribution in [2.45, 2.75) is 29.5 Å². The zero-order valence-electron chi connectivity index (χ0n) is 10.6. The summed E-state index contributed by atoms with van der Waals surface area (Å²) in [7, 11) is -2.72. The van der Waals surface area contributed by atoms with Gasteiger partial charge in [-0.05, 0) is 38.1 Å². The predicted molar refractivity (Wildman–Crippen MR) is 68.7 cm³/mol. The number of nitrogens with one attached hydrogen (secondary N) is 2. The summed E-state index contributed by atoms with van der Waals surface area (Å²) in [5.41, 5.74) is 3.51. The van der Waals surface area contributed by atoms with Crippen molar-refractivity contribution >= 4 is 21.4 Å². The molecule has 0 atom stereocenters. The molecule has 112 valence electrons. The molecular formula is C11H14F3N3O2S. The van der Waals surface area contributed by atoms with Crippen LogP contribution in [-0.4, -0.2) is 27.2 Å². The Balaban J connectivity index is 2.44. The Kier molecular flexibility index (Phi) is 3.37. The molecule has 0 heterocycles. The first-order valence-electron chi connectivity index (χ1n) is 5.79. The molecule has 1 aromatic carbocycles. The van der Waals surface area contributed by atoms with Gasteiger partial charge in [0.15, 0.2) is 0 Å². The van der Waals surface area contributed by atoms with E-state index in [1.54, 1.807) is 0 Å². The highest BCUT2D eigenvalue weighted by Gasteiger charge is 2.63. The van der Waals surface area contributed by atoms with E-state index in [-0.39, 0.29) is 29.1 Å². The van der Waals surface area contributed by atoms with E-state index in [2.05, 4.69) is 10.0 Å². The molecule has 0 spiro atoms. The highest BCUT2D eigenvalue weighted by Crippen LogP contribution is 2.51. The van der Waals surface area contributed by atoms with Crippen molar-refractivity contribution < 1.29 is 21.6 Å². The van der Waals surface area contributed by atoms with Crippen LogP contribution in [0.15, 0.2) is 23.1 Å². The van der Waals surface area contributed by atoms with Gasteiger partial charge < -0.3 is 11.1 Å². The number of hydrogen-bond acceptors (Lipinski definition) is 4. The third kappa shape index (κ3) is 2.55. The maximum atomic E-state index is 12.9. The van der Waals surface area contributed by atoms with Gasteiger partial charge in [-0.15, -0.1) is 0 Å². The first-order valence-corrected chi connectivity index (χ1v) is 7.28. The second-order valence-corrected chi connectivity index (χ2v) is 6.52. The molecule has 9 heteroatoms. The van der Waals surface area contributed by atoms with Crippen LogP contribution in [0.25, 0.3) is 0 Å². The van der Waals surface area contributed by atoms with Gasteiger partial charge in [-0.3, -0.25) is 0 Å². The summed E-state index contributed by atoms with van der Waals surface area (Å²) >= 11 is 0. The minimum Gasteiger partial charge on any atom is -0.399 e. The topological polar surface area (TPSA) is 84.2 Å². The maximum Gasteiger partial charge on any atom is 0.411 e. The highest BCUT2D eigenvalue weighted by atomic mass is 32.2. The van der Waals surface area contributed by atoms with E-state index < -0.39 is 21.7 Å². The van der Waals surface area contributed by atoms with E-state index in [9.17, 15) is 21.6 Å². The van der Waals surface area contributed by atoms with Crippen LogP contribution in [-0.2, 0) is 10.0 Å². The zero-order valence-corrected chi connectivity index (χ0v) is 11.4. The standard InChI is InChI=1S/C11H14F3N3O2S/c1-16-20(18,19)9-6-7(15)2-3-8(9)17-10(4-5-10)11(12,13)14/h2-3,6,16-17H,4-5,15H2,1H3. The normalized spacial score (nSPS) is 17.8. The van der Waals surface area contributed by atoms with Gasteiger partial charge in [0, 0.05) is 5.69 Å². The van der Waals surface area contributed by atoms with Gasteiger partial charge in [0.25, 0.3) is 0 Å². The molecule has 1 saturated carbocycles. The van der Waals surface area contributed by atoms with Crippen LogP contribution in [0.5, 0.6) is 0 Å². The highest BCUT2D eigenvalue weighted by molar-refractivity contribution is 7.89. The van der Waals surface area contributed by atoms with Crippen molar-refractivity contribution in [3.63, 3.8) is 0 Å². The predicted octanol–water partition coefficient (Wildman–Crippen LogP) is 1.68. The minimum atomic E-state index is -4.44. The molecule has 1 aromatic rings. The Morgan fingerprint density at radius 1 is 1.30 bits per heavy atom. The van der Waals surface area contributed by atoms with Crippen LogP contribution >= 0.6 is 0 Å². The summed E-state index contributed by atoms with van der Waals surface area (Å²) in [6.07, 6.45) is -4.60. The van der Waals surface area contributed by atoms with Crippen molar-refractivity contribution in [2.24, 2.45) is 0 Å². The number of rotatable bonds is 4. The molecule has 20 heavy (non-hydrogen) atoms. The van der Waals surface area contributed by atoms with Crippen molar-refractivity contribution in [3.05, 3.63) is 18.2 Å². The third-order valence-electron chi connectivity index (χ3n) is 3.23. The average Bonchev–Trinajstić information content (AvgIpc) is 3.12. The first-order chi connectivity index (χ1) is 9.11. The largest absolute Gasteiger partial charge is 0.411 e. The summed E-state index contributed by atoms with van der Waals surface area (Å²) < 4.78 is 64.5. The second kappa shape index (κ2) is 4.52. The number of benzene rings is 1. The molecule has 2 rings (SSSR count). The molecule has 1 aliphatic carbocycles. The molecular weight excluding hydrogens is 295 g/mol. The molecule has 0 unspecified atom stereocenters. The molecule has 4 N–H and O–H groups in total. The molecule has 0 saturated heterocycles. The van der Waals surface area contributed by atoms with Gasteiger partial charge in [-0.2, -0.15) is 13.2 Å². The van der Waals surface area contributed by atoms with E-state index >= 15 is 0 Å². The van der Waals surface area contributed by atoms with Crippen molar-refractivity contribution in [1.82, 2.24) is 4.72 Å². The van der Waals surface area contributed by atoms with E-state index in [0.717, 1.165) is 6.07 Å². The number of alkyl halides is 3. The van der Waals surface area contributed by atoms with Gasteiger partial charge >= 0.3 is 6.18 Å². The number of sulfonamides is 1. The molecule has 1 fully saturated rings. The van der Waals surface area contributed by atoms with Crippen molar-refractivity contribution in [1.29, 1.82) is 0 Å². The lowest BCUT2D eigenvalue weighted by atomic mass is 10.2. The van der Waals surface area contributed by atoms with Crippen LogP contribution in [0.1, 0.15) is 12.8 Å². The quantitative estimate of drug-likeness (QED) is 0.739. The van der Waals surface area contributed by atoms with Gasteiger partial charge in [0.1, 0.15) is 10.4 Å². The average molecular weight is 309 g/mol. The number of halogens is 3. The third-order valence-corrected chi connectivity index (χ3v) is 4.68. The zero-order chi connectivity index (χ0) is 15.2. The molecule has 0 aromatic heterocycles. The van der Waals surface area contributed by atoms with E-state index in [0.29, 0.717) is 0 Å². The summed E-state index contributed by atoms with van der Waals surface area (Å²) in [5.74, 6) is 0. The molecule has 1 aliphatic rings. The van der Waals surface area contributed by atoms with E-state index in [1.807, 2.05) is 0 Å². The van der Waals surface area contributed by atoms with Gasteiger partial charge in [-0.25, -0.2) is 13.1 Å². The molecule has 0 amide bonds. The molecule has 0 aliphatic heterocycles. The smallest absolute Gasteiger partial charge is 0.399 e. The fourth-order valence-corrected chi connectivity index (χ4v) is 2.76. The van der Waals surface area contributed by atoms with Crippen LogP contribution < -0.4 is 15.8 Å².